The Morgan fingerprint density at radius 2 is 1.62 bits per heavy atom. The van der Waals surface area contributed by atoms with E-state index in [1.54, 1.807) is 12.1 Å². The number of nitrogens with one attached hydrogen (secondary N) is 1. The normalized spacial score (nSPS) is 11.6. The average Bonchev–Trinajstić information content (AvgIpc) is 2.36. The van der Waals surface area contributed by atoms with E-state index in [-0.39, 0.29) is 11.6 Å². The van der Waals surface area contributed by atoms with Crippen molar-refractivity contribution in [2.24, 2.45) is 0 Å². The summed E-state index contributed by atoms with van der Waals surface area (Å²) in [5, 5.41) is 0.703. The van der Waals surface area contributed by atoms with E-state index in [0.29, 0.717) is 16.7 Å². The average molecular weight is 352 g/mol. The highest BCUT2D eigenvalue weighted by molar-refractivity contribution is 7.89. The summed E-state index contributed by atoms with van der Waals surface area (Å²) in [5.41, 5.74) is 0.488. The fourth-order valence-electron chi connectivity index (χ4n) is 1.60. The summed E-state index contributed by atoms with van der Waals surface area (Å²) in [7, 11) is -4.05. The predicted octanol–water partition coefficient (Wildman–Crippen LogP) is 3.75. The third-order valence-corrected chi connectivity index (χ3v) is 4.58. The van der Waals surface area contributed by atoms with Gasteiger partial charge < -0.3 is 0 Å². The first-order valence-corrected chi connectivity index (χ1v) is 7.91. The molecular formula is C13H9Cl2F2NO2S. The van der Waals surface area contributed by atoms with Gasteiger partial charge in [-0.3, -0.25) is 0 Å². The molecule has 0 fully saturated rings. The Hall–Kier alpha value is -1.21. The Balaban J connectivity index is 2.21. The summed E-state index contributed by atoms with van der Waals surface area (Å²) >= 11 is 11.6. The second-order valence-electron chi connectivity index (χ2n) is 4.17. The first kappa shape index (κ1) is 16.2. The molecule has 2 rings (SSSR count). The molecular weight excluding hydrogens is 343 g/mol. The zero-order chi connectivity index (χ0) is 15.6. The fourth-order valence-corrected chi connectivity index (χ4v) is 3.13. The topological polar surface area (TPSA) is 46.2 Å². The van der Waals surface area contributed by atoms with E-state index in [9.17, 15) is 17.2 Å². The maximum Gasteiger partial charge on any atom is 0.241 e. The van der Waals surface area contributed by atoms with Crippen LogP contribution in [0.4, 0.5) is 8.78 Å². The van der Waals surface area contributed by atoms with Crippen LogP contribution in [-0.2, 0) is 16.6 Å². The summed E-state index contributed by atoms with van der Waals surface area (Å²) in [6.45, 7) is -0.129. The minimum Gasteiger partial charge on any atom is -0.207 e. The number of hydrogen-bond acceptors (Lipinski definition) is 2. The molecule has 0 radical (unpaired) electrons. The van der Waals surface area contributed by atoms with E-state index in [2.05, 4.69) is 4.72 Å². The molecule has 0 heterocycles. The minimum absolute atomic E-state index is 0.129. The highest BCUT2D eigenvalue weighted by Gasteiger charge is 2.16. The quantitative estimate of drug-likeness (QED) is 0.911. The van der Waals surface area contributed by atoms with Gasteiger partial charge in [-0.25, -0.2) is 21.9 Å². The molecule has 0 aliphatic carbocycles. The van der Waals surface area contributed by atoms with Gasteiger partial charge in [-0.05, 0) is 29.8 Å². The van der Waals surface area contributed by atoms with Crippen LogP contribution < -0.4 is 4.72 Å². The number of benzene rings is 2. The molecule has 2 aromatic rings. The molecule has 0 atom stereocenters. The lowest BCUT2D eigenvalue weighted by Gasteiger charge is -2.09. The molecule has 0 amide bonds. The van der Waals surface area contributed by atoms with Gasteiger partial charge in [0.25, 0.3) is 0 Å². The van der Waals surface area contributed by atoms with Crippen molar-refractivity contribution < 1.29 is 17.2 Å². The standard InChI is InChI=1S/C13H9Cl2F2NO2S/c14-9-2-1-8(13(15)3-9)7-18-21(19,20)12-5-10(16)4-11(17)6-12/h1-6,18H,7H2. The van der Waals surface area contributed by atoms with E-state index in [4.69, 9.17) is 23.2 Å². The summed E-state index contributed by atoms with van der Waals surface area (Å²) in [4.78, 5) is -0.495. The zero-order valence-electron chi connectivity index (χ0n) is 10.4. The van der Waals surface area contributed by atoms with Crippen molar-refractivity contribution in [1.82, 2.24) is 4.72 Å². The smallest absolute Gasteiger partial charge is 0.207 e. The Kier molecular flexibility index (Phi) is 4.83. The van der Waals surface area contributed by atoms with Gasteiger partial charge in [0.05, 0.1) is 4.90 Å². The molecule has 21 heavy (non-hydrogen) atoms. The van der Waals surface area contributed by atoms with Crippen molar-refractivity contribution in [3.05, 3.63) is 63.6 Å². The molecule has 0 bridgehead atoms. The maximum atomic E-state index is 13.1. The number of rotatable bonds is 4. The molecule has 3 nitrogen and oxygen atoms in total. The van der Waals surface area contributed by atoms with Crippen LogP contribution in [0.25, 0.3) is 0 Å². The molecule has 1 N–H and O–H groups in total. The zero-order valence-corrected chi connectivity index (χ0v) is 12.7. The van der Waals surface area contributed by atoms with Gasteiger partial charge in [0, 0.05) is 22.7 Å². The van der Waals surface area contributed by atoms with Crippen LogP contribution in [0.5, 0.6) is 0 Å². The lowest BCUT2D eigenvalue weighted by molar-refractivity contribution is 0.561. The van der Waals surface area contributed by atoms with Crippen molar-refractivity contribution in [2.75, 3.05) is 0 Å². The molecule has 8 heteroatoms. The highest BCUT2D eigenvalue weighted by Crippen LogP contribution is 2.21. The molecule has 0 aromatic heterocycles. The maximum absolute atomic E-state index is 13.1. The van der Waals surface area contributed by atoms with Crippen molar-refractivity contribution >= 4 is 33.2 Å². The molecule has 2 aromatic carbocycles. The van der Waals surface area contributed by atoms with Crippen LogP contribution in [0.15, 0.2) is 41.3 Å². The van der Waals surface area contributed by atoms with Crippen LogP contribution in [0.2, 0.25) is 10.0 Å². The second-order valence-corrected chi connectivity index (χ2v) is 6.78. The van der Waals surface area contributed by atoms with Crippen LogP contribution >= 0.6 is 23.2 Å². The molecule has 0 aliphatic rings. The third kappa shape index (κ3) is 4.14. The van der Waals surface area contributed by atoms with Crippen LogP contribution in [0, 0.1) is 11.6 Å². The lowest BCUT2D eigenvalue weighted by Crippen LogP contribution is -2.23. The van der Waals surface area contributed by atoms with E-state index >= 15 is 0 Å². The van der Waals surface area contributed by atoms with Crippen LogP contribution in [0.3, 0.4) is 0 Å². The van der Waals surface area contributed by atoms with Gasteiger partial charge in [0.1, 0.15) is 11.6 Å². The van der Waals surface area contributed by atoms with Gasteiger partial charge in [-0.15, -0.1) is 0 Å². The molecule has 0 saturated heterocycles. The SMILES string of the molecule is O=S(=O)(NCc1ccc(Cl)cc1Cl)c1cc(F)cc(F)c1. The summed E-state index contributed by atoms with van der Waals surface area (Å²) in [5.74, 6) is -1.94. The lowest BCUT2D eigenvalue weighted by atomic mass is 10.2. The summed E-state index contributed by atoms with van der Waals surface area (Å²) in [6.07, 6.45) is 0. The summed E-state index contributed by atoms with van der Waals surface area (Å²) in [6, 6.07) is 6.63. The van der Waals surface area contributed by atoms with Gasteiger partial charge >= 0.3 is 0 Å². The Bertz CT molecular complexity index is 761. The van der Waals surface area contributed by atoms with E-state index < -0.39 is 26.6 Å². The largest absolute Gasteiger partial charge is 0.241 e. The molecule has 0 unspecified atom stereocenters. The molecule has 112 valence electrons. The Labute approximate surface area is 130 Å². The first-order valence-electron chi connectivity index (χ1n) is 5.67. The van der Waals surface area contributed by atoms with Crippen molar-refractivity contribution in [3.8, 4) is 0 Å². The van der Waals surface area contributed by atoms with Crippen molar-refractivity contribution in [2.45, 2.75) is 11.4 Å². The Morgan fingerprint density at radius 1 is 1.00 bits per heavy atom. The van der Waals surface area contributed by atoms with Gasteiger partial charge in [0.15, 0.2) is 0 Å². The second kappa shape index (κ2) is 6.27. The van der Waals surface area contributed by atoms with Gasteiger partial charge in [0.2, 0.25) is 10.0 Å². The minimum atomic E-state index is -4.05. The first-order chi connectivity index (χ1) is 9.78. The monoisotopic (exact) mass is 351 g/mol. The number of halogens is 4. The number of sulfonamides is 1. The summed E-state index contributed by atoms with van der Waals surface area (Å²) < 4.78 is 52.3. The fraction of sp³-hybridized carbons (Fsp3) is 0.0769. The highest BCUT2D eigenvalue weighted by atomic mass is 35.5. The Morgan fingerprint density at radius 3 is 2.19 bits per heavy atom. The molecule has 0 aliphatic heterocycles. The molecule has 0 saturated carbocycles. The van der Waals surface area contributed by atoms with Crippen molar-refractivity contribution in [3.63, 3.8) is 0 Å². The third-order valence-electron chi connectivity index (χ3n) is 2.61. The van der Waals surface area contributed by atoms with Crippen LogP contribution in [0.1, 0.15) is 5.56 Å². The predicted molar refractivity (Wildman–Crippen MR) is 76.8 cm³/mol. The molecule has 0 spiro atoms. The van der Waals surface area contributed by atoms with E-state index in [0.717, 1.165) is 12.1 Å². The van der Waals surface area contributed by atoms with Crippen LogP contribution in [-0.4, -0.2) is 8.42 Å². The van der Waals surface area contributed by atoms with Gasteiger partial charge in [-0.1, -0.05) is 29.3 Å². The number of hydrogen-bond donors (Lipinski definition) is 1. The van der Waals surface area contributed by atoms with Gasteiger partial charge in [-0.2, -0.15) is 0 Å². The van der Waals surface area contributed by atoms with E-state index in [1.165, 1.54) is 6.07 Å². The van der Waals surface area contributed by atoms with Crippen molar-refractivity contribution in [1.29, 1.82) is 0 Å². The van der Waals surface area contributed by atoms with E-state index in [1.807, 2.05) is 0 Å².